The number of ether oxygens (including phenoxy) is 1. The third-order valence-corrected chi connectivity index (χ3v) is 7.93. The number of imidazole rings is 1. The second kappa shape index (κ2) is 9.85. The Hall–Kier alpha value is -2.53. The molecule has 1 amide bonds. The molecule has 12 heteroatoms. The lowest BCUT2D eigenvalue weighted by molar-refractivity contribution is -0.138. The maximum atomic E-state index is 12.8. The molecule has 2 aliphatic rings. The number of hydrogen-bond acceptors (Lipinski definition) is 7. The Morgan fingerprint density at radius 2 is 2.11 bits per heavy atom. The zero-order valence-electron chi connectivity index (χ0n) is 18.9. The molecule has 1 fully saturated rings. The van der Waals surface area contributed by atoms with Crippen molar-refractivity contribution in [1.29, 1.82) is 0 Å². The Labute approximate surface area is 215 Å². The first-order valence-corrected chi connectivity index (χ1v) is 12.8. The van der Waals surface area contributed by atoms with Gasteiger partial charge in [-0.05, 0) is 31.0 Å². The Morgan fingerprint density at radius 3 is 2.89 bits per heavy atom. The number of hydrogen-bond donors (Lipinski definition) is 1. The van der Waals surface area contributed by atoms with Crippen LogP contribution < -0.4 is 5.56 Å². The molecular formula is C23H23Cl2N5O4S. The molecule has 1 N–H and O–H groups in total. The molecule has 2 aliphatic heterocycles. The van der Waals surface area contributed by atoms with Crippen molar-refractivity contribution in [3.05, 3.63) is 62.2 Å². The average Bonchev–Trinajstić information content (AvgIpc) is 3.46. The van der Waals surface area contributed by atoms with E-state index in [4.69, 9.17) is 27.9 Å². The first kappa shape index (κ1) is 24.2. The van der Waals surface area contributed by atoms with Crippen molar-refractivity contribution in [2.45, 2.75) is 31.2 Å². The van der Waals surface area contributed by atoms with Gasteiger partial charge in [-0.3, -0.25) is 14.6 Å². The number of benzene rings is 1. The Bertz CT molecular complexity index is 1390. The van der Waals surface area contributed by atoms with Gasteiger partial charge in [-0.25, -0.2) is 9.38 Å². The average molecular weight is 536 g/mol. The van der Waals surface area contributed by atoms with E-state index in [0.717, 1.165) is 5.56 Å². The summed E-state index contributed by atoms with van der Waals surface area (Å²) in [5.74, 6) is -0.278. The van der Waals surface area contributed by atoms with Crippen molar-refractivity contribution in [3.8, 4) is 5.75 Å². The molecular weight excluding hydrogens is 513 g/mol. The maximum Gasteiger partial charge on any atom is 0.301 e. The second-order valence-electron chi connectivity index (χ2n) is 8.57. The summed E-state index contributed by atoms with van der Waals surface area (Å²) in [6.45, 7) is 4.00. The summed E-state index contributed by atoms with van der Waals surface area (Å²) in [4.78, 5) is 36.5. The maximum absolute atomic E-state index is 12.8. The Kier molecular flexibility index (Phi) is 6.80. The summed E-state index contributed by atoms with van der Waals surface area (Å²) in [6.07, 6.45) is 3.79. The predicted octanol–water partition coefficient (Wildman–Crippen LogP) is 2.86. The van der Waals surface area contributed by atoms with Crippen LogP contribution in [0.4, 0.5) is 0 Å². The summed E-state index contributed by atoms with van der Waals surface area (Å²) in [6, 6.07) is 5.51. The molecule has 2 atom stereocenters. The van der Waals surface area contributed by atoms with Gasteiger partial charge in [-0.1, -0.05) is 41.0 Å². The van der Waals surface area contributed by atoms with Gasteiger partial charge in [0.1, 0.15) is 17.3 Å². The highest BCUT2D eigenvalue weighted by atomic mass is 35.5. The van der Waals surface area contributed by atoms with E-state index in [-0.39, 0.29) is 35.3 Å². The number of amides is 1. The van der Waals surface area contributed by atoms with E-state index in [1.54, 1.807) is 21.7 Å². The zero-order chi connectivity index (χ0) is 24.7. The third kappa shape index (κ3) is 4.93. The minimum atomic E-state index is -0.604. The van der Waals surface area contributed by atoms with Gasteiger partial charge >= 0.3 is 5.56 Å². The van der Waals surface area contributed by atoms with Gasteiger partial charge in [0.15, 0.2) is 0 Å². The fraction of sp³-hybridized carbons (Fsp3) is 0.391. The van der Waals surface area contributed by atoms with E-state index in [1.165, 1.54) is 22.4 Å². The number of halogens is 2. The Balaban J connectivity index is 1.37. The fourth-order valence-corrected chi connectivity index (χ4v) is 5.67. The smallest absolute Gasteiger partial charge is 0.301 e. The van der Waals surface area contributed by atoms with E-state index < -0.39 is 11.3 Å². The monoisotopic (exact) mass is 535 g/mol. The highest BCUT2D eigenvalue weighted by Gasteiger charge is 2.28. The van der Waals surface area contributed by atoms with Crippen LogP contribution in [-0.2, 0) is 22.5 Å². The van der Waals surface area contributed by atoms with Crippen LogP contribution in [0.2, 0.25) is 10.0 Å². The SMILES string of the molecule is CC1CN(C(=O)Cn2ccn3c(=O)c(O)c(C4=NCC(Cc5ccc(Cl)c(Cl)c5)S4)nc23)CCO1. The van der Waals surface area contributed by atoms with Gasteiger partial charge in [0, 0.05) is 30.7 Å². The van der Waals surface area contributed by atoms with Crippen molar-refractivity contribution < 1.29 is 14.6 Å². The van der Waals surface area contributed by atoms with Crippen molar-refractivity contribution in [2.24, 2.45) is 4.99 Å². The second-order valence-corrected chi connectivity index (χ2v) is 10.7. The van der Waals surface area contributed by atoms with E-state index in [2.05, 4.69) is 9.98 Å². The van der Waals surface area contributed by atoms with Crippen molar-refractivity contribution >= 4 is 51.7 Å². The lowest BCUT2D eigenvalue weighted by atomic mass is 10.1. The largest absolute Gasteiger partial charge is 0.501 e. The molecule has 3 aromatic rings. The first-order valence-electron chi connectivity index (χ1n) is 11.2. The lowest BCUT2D eigenvalue weighted by Crippen LogP contribution is -2.45. The molecule has 184 valence electrons. The van der Waals surface area contributed by atoms with Crippen LogP contribution in [0, 0.1) is 0 Å². The molecule has 0 radical (unpaired) electrons. The molecule has 9 nitrogen and oxygen atoms in total. The first-order chi connectivity index (χ1) is 16.8. The van der Waals surface area contributed by atoms with E-state index in [9.17, 15) is 14.7 Å². The summed E-state index contributed by atoms with van der Waals surface area (Å²) in [5, 5.41) is 12.2. The van der Waals surface area contributed by atoms with Crippen LogP contribution in [0.1, 0.15) is 18.2 Å². The van der Waals surface area contributed by atoms with E-state index in [1.807, 2.05) is 19.1 Å². The molecule has 2 aromatic heterocycles. The zero-order valence-corrected chi connectivity index (χ0v) is 21.2. The molecule has 0 saturated carbocycles. The molecule has 5 rings (SSSR count). The number of rotatable bonds is 5. The molecule has 1 saturated heterocycles. The molecule has 2 unspecified atom stereocenters. The molecule has 4 heterocycles. The van der Waals surface area contributed by atoms with Crippen LogP contribution >= 0.6 is 35.0 Å². The number of aromatic hydroxyl groups is 1. The summed E-state index contributed by atoms with van der Waals surface area (Å²) < 4.78 is 8.36. The summed E-state index contributed by atoms with van der Waals surface area (Å²) in [5.41, 5.74) is 0.544. The lowest BCUT2D eigenvalue weighted by Gasteiger charge is -2.31. The van der Waals surface area contributed by atoms with Crippen molar-refractivity contribution in [1.82, 2.24) is 18.9 Å². The number of thioether (sulfide) groups is 1. The van der Waals surface area contributed by atoms with Gasteiger partial charge < -0.3 is 19.3 Å². The van der Waals surface area contributed by atoms with Crippen LogP contribution in [0.3, 0.4) is 0 Å². The van der Waals surface area contributed by atoms with Crippen molar-refractivity contribution in [3.63, 3.8) is 0 Å². The van der Waals surface area contributed by atoms with Gasteiger partial charge in [0.05, 0.1) is 29.3 Å². The standard InChI is InChI=1S/C23H23Cl2N5O4S/c1-13-11-28(6-7-34-13)18(31)12-29-4-5-30-22(33)20(32)19(27-23(29)30)21-26-10-15(35-21)8-14-2-3-16(24)17(25)9-14/h2-5,9,13,15,32H,6-8,10-12H2,1H3. The summed E-state index contributed by atoms with van der Waals surface area (Å²) in [7, 11) is 0. The van der Waals surface area contributed by atoms with Gasteiger partial charge in [-0.2, -0.15) is 0 Å². The molecule has 35 heavy (non-hydrogen) atoms. The minimum Gasteiger partial charge on any atom is -0.501 e. The number of fused-ring (bicyclic) bond motifs is 1. The van der Waals surface area contributed by atoms with Gasteiger partial charge in [-0.15, -0.1) is 0 Å². The number of carbonyl (C=O) groups excluding carboxylic acids is 1. The Morgan fingerprint density at radius 1 is 1.29 bits per heavy atom. The number of aliphatic imine (C=N–C) groups is 1. The third-order valence-electron chi connectivity index (χ3n) is 5.99. The number of aromatic nitrogens is 3. The molecule has 0 spiro atoms. The van der Waals surface area contributed by atoms with E-state index in [0.29, 0.717) is 47.8 Å². The van der Waals surface area contributed by atoms with Crippen LogP contribution in [0.15, 0.2) is 40.4 Å². The molecule has 0 bridgehead atoms. The highest BCUT2D eigenvalue weighted by Crippen LogP contribution is 2.31. The number of carbonyl (C=O) groups is 1. The van der Waals surface area contributed by atoms with Crippen molar-refractivity contribution in [2.75, 3.05) is 26.2 Å². The van der Waals surface area contributed by atoms with Gasteiger partial charge in [0.25, 0.3) is 0 Å². The van der Waals surface area contributed by atoms with Crippen LogP contribution in [0.5, 0.6) is 5.75 Å². The number of nitrogens with zero attached hydrogens (tertiary/aromatic N) is 5. The number of morpholine rings is 1. The van der Waals surface area contributed by atoms with Crippen LogP contribution in [0.25, 0.3) is 5.78 Å². The minimum absolute atomic E-state index is 0.0207. The summed E-state index contributed by atoms with van der Waals surface area (Å²) >= 11 is 13.6. The topological polar surface area (TPSA) is 101 Å². The fourth-order valence-electron chi connectivity index (χ4n) is 4.21. The van der Waals surface area contributed by atoms with Gasteiger partial charge in [0.2, 0.25) is 17.4 Å². The molecule has 0 aliphatic carbocycles. The molecule has 1 aromatic carbocycles. The van der Waals surface area contributed by atoms with Crippen LogP contribution in [-0.4, -0.2) is 72.5 Å². The van der Waals surface area contributed by atoms with E-state index >= 15 is 0 Å². The quantitative estimate of drug-likeness (QED) is 0.539. The highest BCUT2D eigenvalue weighted by molar-refractivity contribution is 8.15. The predicted molar refractivity (Wildman–Crippen MR) is 136 cm³/mol. The normalized spacial score (nSPS) is 20.4.